The molecular weight excluding hydrogens is 216 g/mol. The standard InChI is InChI=1S/C9H12N2O3S/c1-13-9(12)6-7(15-4-11-6)5-2-3-14-8(5)10/h4-5,8H,2-3,10H2,1H3. The van der Waals surface area contributed by atoms with Crippen LogP contribution in [0.2, 0.25) is 0 Å². The summed E-state index contributed by atoms with van der Waals surface area (Å²) >= 11 is 1.42. The first-order valence-electron chi connectivity index (χ1n) is 4.63. The van der Waals surface area contributed by atoms with Gasteiger partial charge in [-0.25, -0.2) is 9.78 Å². The molecule has 1 aromatic rings. The highest BCUT2D eigenvalue weighted by molar-refractivity contribution is 7.10. The molecule has 1 aliphatic heterocycles. The molecule has 1 aliphatic rings. The normalized spacial score (nSPS) is 25.5. The zero-order valence-electron chi connectivity index (χ0n) is 8.30. The predicted octanol–water partition coefficient (Wildman–Crippen LogP) is 0.718. The van der Waals surface area contributed by atoms with Crippen LogP contribution in [0.3, 0.4) is 0 Å². The molecule has 2 atom stereocenters. The molecule has 0 saturated carbocycles. The molecule has 0 amide bonds. The predicted molar refractivity (Wildman–Crippen MR) is 54.7 cm³/mol. The third kappa shape index (κ3) is 1.88. The van der Waals surface area contributed by atoms with Crippen LogP contribution in [0.25, 0.3) is 0 Å². The van der Waals surface area contributed by atoms with Crippen molar-refractivity contribution in [2.24, 2.45) is 5.73 Å². The monoisotopic (exact) mass is 228 g/mol. The van der Waals surface area contributed by atoms with Crippen LogP contribution in [-0.2, 0) is 9.47 Å². The largest absolute Gasteiger partial charge is 0.464 e. The summed E-state index contributed by atoms with van der Waals surface area (Å²) in [6.07, 6.45) is 0.488. The molecule has 6 heteroatoms. The van der Waals surface area contributed by atoms with Gasteiger partial charge in [0.2, 0.25) is 0 Å². The fraction of sp³-hybridized carbons (Fsp3) is 0.556. The molecule has 0 spiro atoms. The highest BCUT2D eigenvalue weighted by atomic mass is 32.1. The highest BCUT2D eigenvalue weighted by Gasteiger charge is 2.32. The fourth-order valence-electron chi connectivity index (χ4n) is 1.66. The molecule has 2 unspecified atom stereocenters. The lowest BCUT2D eigenvalue weighted by Crippen LogP contribution is -2.25. The second-order valence-corrected chi connectivity index (χ2v) is 4.17. The summed E-state index contributed by atoms with van der Waals surface area (Å²) in [5, 5.41) is 0. The minimum Gasteiger partial charge on any atom is -0.464 e. The van der Waals surface area contributed by atoms with Crippen molar-refractivity contribution in [1.82, 2.24) is 4.98 Å². The first-order valence-corrected chi connectivity index (χ1v) is 5.51. The number of nitrogens with two attached hydrogens (primary N) is 1. The highest BCUT2D eigenvalue weighted by Crippen LogP contribution is 2.33. The third-order valence-corrected chi connectivity index (χ3v) is 3.41. The van der Waals surface area contributed by atoms with E-state index in [9.17, 15) is 4.79 Å². The quantitative estimate of drug-likeness (QED) is 0.755. The van der Waals surface area contributed by atoms with Gasteiger partial charge in [-0.05, 0) is 6.42 Å². The van der Waals surface area contributed by atoms with Crippen LogP contribution in [-0.4, -0.2) is 30.9 Å². The number of rotatable bonds is 2. The summed E-state index contributed by atoms with van der Waals surface area (Å²) in [4.78, 5) is 16.3. The average Bonchev–Trinajstić information content (AvgIpc) is 2.84. The summed E-state index contributed by atoms with van der Waals surface area (Å²) in [5.74, 6) is -0.350. The maximum Gasteiger partial charge on any atom is 0.357 e. The van der Waals surface area contributed by atoms with Crippen LogP contribution in [0.15, 0.2) is 5.51 Å². The Morgan fingerprint density at radius 1 is 1.80 bits per heavy atom. The van der Waals surface area contributed by atoms with E-state index >= 15 is 0 Å². The van der Waals surface area contributed by atoms with Crippen LogP contribution in [0.4, 0.5) is 0 Å². The maximum absolute atomic E-state index is 11.4. The van der Waals surface area contributed by atoms with Crippen molar-refractivity contribution < 1.29 is 14.3 Å². The van der Waals surface area contributed by atoms with Crippen LogP contribution in [0, 0.1) is 0 Å². The van der Waals surface area contributed by atoms with Gasteiger partial charge in [-0.1, -0.05) is 0 Å². The Morgan fingerprint density at radius 3 is 3.20 bits per heavy atom. The second-order valence-electron chi connectivity index (χ2n) is 3.29. The lowest BCUT2D eigenvalue weighted by atomic mass is 10.0. The van der Waals surface area contributed by atoms with Crippen LogP contribution in [0.1, 0.15) is 27.7 Å². The van der Waals surface area contributed by atoms with E-state index in [-0.39, 0.29) is 12.1 Å². The van der Waals surface area contributed by atoms with Crippen LogP contribution < -0.4 is 5.73 Å². The van der Waals surface area contributed by atoms with Crippen molar-refractivity contribution in [2.45, 2.75) is 18.6 Å². The van der Waals surface area contributed by atoms with Gasteiger partial charge in [-0.15, -0.1) is 11.3 Å². The molecule has 5 nitrogen and oxygen atoms in total. The van der Waals surface area contributed by atoms with E-state index < -0.39 is 5.97 Å². The SMILES string of the molecule is COC(=O)c1ncsc1C1CCOC1N. The Morgan fingerprint density at radius 2 is 2.60 bits per heavy atom. The number of hydrogen-bond donors (Lipinski definition) is 1. The number of esters is 1. The van der Waals surface area contributed by atoms with E-state index in [0.717, 1.165) is 11.3 Å². The Balaban J connectivity index is 2.28. The van der Waals surface area contributed by atoms with E-state index in [1.165, 1.54) is 18.4 Å². The Kier molecular flexibility index (Phi) is 2.99. The van der Waals surface area contributed by atoms with Gasteiger partial charge in [-0.3, -0.25) is 0 Å². The Bertz CT molecular complexity index is 366. The van der Waals surface area contributed by atoms with E-state index in [1.54, 1.807) is 5.51 Å². The maximum atomic E-state index is 11.4. The molecule has 0 aromatic carbocycles. The minimum absolute atomic E-state index is 0.0617. The summed E-state index contributed by atoms with van der Waals surface area (Å²) in [7, 11) is 1.34. The number of carbonyl (C=O) groups is 1. The molecule has 2 heterocycles. The van der Waals surface area contributed by atoms with E-state index in [4.69, 9.17) is 10.5 Å². The Labute approximate surface area is 91.2 Å². The summed E-state index contributed by atoms with van der Waals surface area (Å²) < 4.78 is 9.92. The number of carbonyl (C=O) groups excluding carboxylic acids is 1. The number of ether oxygens (including phenoxy) is 2. The number of methoxy groups -OCH3 is 1. The van der Waals surface area contributed by atoms with Gasteiger partial charge in [0, 0.05) is 17.4 Å². The van der Waals surface area contributed by atoms with Crippen LogP contribution >= 0.6 is 11.3 Å². The molecule has 2 rings (SSSR count). The van der Waals surface area contributed by atoms with Crippen molar-refractivity contribution >= 4 is 17.3 Å². The third-order valence-electron chi connectivity index (χ3n) is 2.45. The molecule has 1 fully saturated rings. The molecule has 1 saturated heterocycles. The van der Waals surface area contributed by atoms with Gasteiger partial charge in [0.05, 0.1) is 12.6 Å². The van der Waals surface area contributed by atoms with E-state index in [0.29, 0.717) is 12.3 Å². The average molecular weight is 228 g/mol. The summed E-state index contributed by atoms with van der Waals surface area (Å²) in [6, 6.07) is 0. The van der Waals surface area contributed by atoms with E-state index in [1.807, 2.05) is 0 Å². The van der Waals surface area contributed by atoms with Gasteiger partial charge >= 0.3 is 5.97 Å². The summed E-state index contributed by atoms with van der Waals surface area (Å²) in [5.41, 5.74) is 7.79. The van der Waals surface area contributed by atoms with Gasteiger partial charge in [-0.2, -0.15) is 0 Å². The molecule has 1 aromatic heterocycles. The second kappa shape index (κ2) is 4.26. The van der Waals surface area contributed by atoms with E-state index in [2.05, 4.69) is 9.72 Å². The lowest BCUT2D eigenvalue weighted by molar-refractivity contribution is 0.0592. The topological polar surface area (TPSA) is 74.4 Å². The number of aromatic nitrogens is 1. The van der Waals surface area contributed by atoms with Crippen molar-refractivity contribution in [2.75, 3.05) is 13.7 Å². The number of thiazole rings is 1. The van der Waals surface area contributed by atoms with Gasteiger partial charge in [0.15, 0.2) is 5.69 Å². The zero-order chi connectivity index (χ0) is 10.8. The molecule has 82 valence electrons. The van der Waals surface area contributed by atoms with Gasteiger partial charge in [0.1, 0.15) is 6.23 Å². The molecule has 2 N–H and O–H groups in total. The molecule has 0 aliphatic carbocycles. The van der Waals surface area contributed by atoms with Crippen molar-refractivity contribution in [3.8, 4) is 0 Å². The van der Waals surface area contributed by atoms with Crippen molar-refractivity contribution in [3.05, 3.63) is 16.1 Å². The first-order chi connectivity index (χ1) is 7.24. The number of hydrogen-bond acceptors (Lipinski definition) is 6. The smallest absolute Gasteiger partial charge is 0.357 e. The molecule has 0 bridgehead atoms. The lowest BCUT2D eigenvalue weighted by Gasteiger charge is -2.12. The molecule has 15 heavy (non-hydrogen) atoms. The number of nitrogens with zero attached hydrogens (tertiary/aromatic N) is 1. The van der Waals surface area contributed by atoms with Crippen molar-refractivity contribution in [1.29, 1.82) is 0 Å². The molecule has 0 radical (unpaired) electrons. The minimum atomic E-state index is -0.412. The van der Waals surface area contributed by atoms with Gasteiger partial charge < -0.3 is 15.2 Å². The first kappa shape index (κ1) is 10.5. The fourth-order valence-corrected chi connectivity index (χ4v) is 2.61. The molecular formula is C9H12N2O3S. The van der Waals surface area contributed by atoms with Crippen molar-refractivity contribution in [3.63, 3.8) is 0 Å². The van der Waals surface area contributed by atoms with Gasteiger partial charge in [0.25, 0.3) is 0 Å². The summed E-state index contributed by atoms with van der Waals surface area (Å²) in [6.45, 7) is 0.629. The van der Waals surface area contributed by atoms with Crippen LogP contribution in [0.5, 0.6) is 0 Å². The zero-order valence-corrected chi connectivity index (χ0v) is 9.12. The Hall–Kier alpha value is -0.980.